The van der Waals surface area contributed by atoms with Crippen molar-refractivity contribution in [1.29, 1.82) is 0 Å². The topological polar surface area (TPSA) is 92.2 Å². The van der Waals surface area contributed by atoms with Crippen LogP contribution in [0.3, 0.4) is 0 Å². The number of aliphatic hydroxyl groups is 1. The van der Waals surface area contributed by atoms with Crippen molar-refractivity contribution in [1.82, 2.24) is 10.9 Å². The Hall–Kier alpha value is -3.53. The summed E-state index contributed by atoms with van der Waals surface area (Å²) in [5.41, 5.74) is 6.74. The van der Waals surface area contributed by atoms with Gasteiger partial charge in [-0.3, -0.25) is 10.2 Å². The predicted molar refractivity (Wildman–Crippen MR) is 152 cm³/mol. The van der Waals surface area contributed by atoms with Crippen LogP contribution in [-0.2, 0) is 16.0 Å². The van der Waals surface area contributed by atoms with E-state index in [0.717, 1.165) is 15.6 Å². The molecule has 1 aliphatic rings. The molecule has 39 heavy (non-hydrogen) atoms. The van der Waals surface area contributed by atoms with Gasteiger partial charge in [0.15, 0.2) is 11.6 Å². The van der Waals surface area contributed by atoms with E-state index in [-0.39, 0.29) is 24.8 Å². The van der Waals surface area contributed by atoms with Crippen molar-refractivity contribution < 1.29 is 23.8 Å². The highest BCUT2D eigenvalue weighted by Crippen LogP contribution is 2.43. The van der Waals surface area contributed by atoms with Crippen molar-refractivity contribution >= 4 is 27.7 Å². The lowest BCUT2D eigenvalue weighted by Crippen LogP contribution is -2.52. The van der Waals surface area contributed by atoms with E-state index in [1.54, 1.807) is 24.3 Å². The monoisotopic (exact) mass is 595 g/mol. The Balaban J connectivity index is 1.56. The molecule has 1 amide bonds. The lowest BCUT2D eigenvalue weighted by Gasteiger charge is -2.29. The second-order valence-corrected chi connectivity index (χ2v) is 10.0. The van der Waals surface area contributed by atoms with Gasteiger partial charge in [0, 0.05) is 36.0 Å². The number of hydrogen-bond acceptors (Lipinski definition) is 6. The maximum Gasteiger partial charge on any atom is 0.266 e. The number of carbonyl (C=O) groups excluding carboxylic acids is 1. The fraction of sp³-hybridized carbons (Fsp3) is 0.267. The van der Waals surface area contributed by atoms with Gasteiger partial charge in [0.1, 0.15) is 11.6 Å². The van der Waals surface area contributed by atoms with Crippen molar-refractivity contribution in [2.45, 2.75) is 30.9 Å². The Bertz CT molecular complexity index is 1300. The third-order valence-electron chi connectivity index (χ3n) is 6.29. The van der Waals surface area contributed by atoms with Gasteiger partial charge < -0.3 is 14.6 Å². The number of carbonyl (C=O) groups is 1. The third kappa shape index (κ3) is 7.11. The summed E-state index contributed by atoms with van der Waals surface area (Å²) in [5, 5.41) is 8.96. The average Bonchev–Trinajstić information content (AvgIpc) is 3.33. The summed E-state index contributed by atoms with van der Waals surface area (Å²) in [5.74, 6) is 0.330. The van der Waals surface area contributed by atoms with Crippen LogP contribution in [0, 0.1) is 5.82 Å². The normalized spacial score (nSPS) is 18.2. The van der Waals surface area contributed by atoms with Crippen LogP contribution in [0.4, 0.5) is 4.39 Å². The van der Waals surface area contributed by atoms with Crippen molar-refractivity contribution in [3.63, 3.8) is 0 Å². The predicted octanol–water partition coefficient (Wildman–Crippen LogP) is 5.05. The lowest BCUT2D eigenvalue weighted by atomic mass is 9.84. The van der Waals surface area contributed by atoms with Gasteiger partial charge in [-0.2, -0.15) is 0 Å². The van der Waals surface area contributed by atoms with Gasteiger partial charge in [-0.25, -0.2) is 14.8 Å². The summed E-state index contributed by atoms with van der Waals surface area (Å²) >= 11 is 3.46. The standard InChI is InChI=1S/C30H31BrFN3O4/c1-2-16-30(29(37)35-33-17-15-21-5-3-6-25(32)20-21)27(22-7-11-24(31)12-8-22)39-28(34-30)23-9-13-26(14-10-23)38-19-4-18-36/h2-3,5-14,20,27,33,36H,1,4,15-19H2,(H,35,37)/t27-,30-/m0/s1. The smallest absolute Gasteiger partial charge is 0.266 e. The quantitative estimate of drug-likeness (QED) is 0.146. The van der Waals surface area contributed by atoms with E-state index in [0.29, 0.717) is 43.2 Å². The number of amides is 1. The molecule has 1 aliphatic heterocycles. The number of nitrogens with one attached hydrogen (secondary N) is 2. The van der Waals surface area contributed by atoms with E-state index in [2.05, 4.69) is 33.4 Å². The van der Waals surface area contributed by atoms with Crippen LogP contribution >= 0.6 is 15.9 Å². The minimum Gasteiger partial charge on any atom is -0.494 e. The van der Waals surface area contributed by atoms with Gasteiger partial charge in [0.2, 0.25) is 5.90 Å². The maximum absolute atomic E-state index is 13.7. The van der Waals surface area contributed by atoms with Crippen LogP contribution in [0.5, 0.6) is 5.75 Å². The van der Waals surface area contributed by atoms with Gasteiger partial charge in [-0.15, -0.1) is 6.58 Å². The molecular formula is C30H31BrFN3O4. The number of halogens is 2. The Morgan fingerprint density at radius 3 is 2.64 bits per heavy atom. The summed E-state index contributed by atoms with van der Waals surface area (Å²) in [4.78, 5) is 18.6. The number of ether oxygens (including phenoxy) is 2. The van der Waals surface area contributed by atoms with Crippen LogP contribution in [0.25, 0.3) is 0 Å². The van der Waals surface area contributed by atoms with Crippen molar-refractivity contribution in [2.75, 3.05) is 19.8 Å². The zero-order valence-corrected chi connectivity index (χ0v) is 23.0. The first-order chi connectivity index (χ1) is 18.9. The molecule has 3 N–H and O–H groups in total. The van der Waals surface area contributed by atoms with Gasteiger partial charge in [0.25, 0.3) is 5.91 Å². The molecule has 0 bridgehead atoms. The molecule has 3 aromatic rings. The van der Waals surface area contributed by atoms with Gasteiger partial charge >= 0.3 is 0 Å². The largest absolute Gasteiger partial charge is 0.494 e. The van der Waals surface area contributed by atoms with E-state index >= 15 is 0 Å². The second kappa shape index (κ2) is 13.5. The molecule has 0 radical (unpaired) electrons. The molecule has 0 aromatic heterocycles. The summed E-state index contributed by atoms with van der Waals surface area (Å²) < 4.78 is 26.4. The van der Waals surface area contributed by atoms with E-state index in [9.17, 15) is 9.18 Å². The summed E-state index contributed by atoms with van der Waals surface area (Å²) in [6, 6.07) is 21.2. The molecule has 204 valence electrons. The van der Waals surface area contributed by atoms with Crippen LogP contribution in [0.2, 0.25) is 0 Å². The summed E-state index contributed by atoms with van der Waals surface area (Å²) in [7, 11) is 0. The first-order valence-electron chi connectivity index (χ1n) is 12.7. The van der Waals surface area contributed by atoms with E-state index in [1.807, 2.05) is 42.5 Å². The average molecular weight is 596 g/mol. The van der Waals surface area contributed by atoms with Gasteiger partial charge in [-0.1, -0.05) is 46.3 Å². The van der Waals surface area contributed by atoms with Gasteiger partial charge in [0.05, 0.1) is 6.61 Å². The molecule has 0 saturated heterocycles. The molecular weight excluding hydrogens is 565 g/mol. The van der Waals surface area contributed by atoms with E-state index in [4.69, 9.17) is 19.6 Å². The Labute approximate surface area is 235 Å². The molecule has 0 spiro atoms. The number of hydrazine groups is 1. The SMILES string of the molecule is C=CC[C@]1(C(=O)NNCCc2cccc(F)c2)N=C(c2ccc(OCCCO)cc2)O[C@H]1c1ccc(Br)cc1. The van der Waals surface area contributed by atoms with Crippen LogP contribution in [0.1, 0.15) is 35.6 Å². The number of nitrogens with zero attached hydrogens (tertiary/aromatic N) is 1. The summed E-state index contributed by atoms with van der Waals surface area (Å²) in [6.45, 7) is 4.75. The third-order valence-corrected chi connectivity index (χ3v) is 6.82. The number of rotatable bonds is 13. The molecule has 9 heteroatoms. The van der Waals surface area contributed by atoms with Crippen molar-refractivity contribution in [2.24, 2.45) is 4.99 Å². The molecule has 0 fully saturated rings. The highest BCUT2D eigenvalue weighted by Gasteiger charge is 2.52. The number of benzene rings is 3. The molecule has 7 nitrogen and oxygen atoms in total. The second-order valence-electron chi connectivity index (χ2n) is 9.09. The Morgan fingerprint density at radius 2 is 1.95 bits per heavy atom. The van der Waals surface area contributed by atoms with Crippen molar-refractivity contribution in [3.8, 4) is 5.75 Å². The highest BCUT2D eigenvalue weighted by molar-refractivity contribution is 9.10. The van der Waals surface area contributed by atoms with Crippen LogP contribution in [-0.4, -0.2) is 42.2 Å². The van der Waals surface area contributed by atoms with Crippen LogP contribution < -0.4 is 15.6 Å². The maximum atomic E-state index is 13.7. The molecule has 0 aliphatic carbocycles. The molecule has 4 rings (SSSR count). The fourth-order valence-electron chi connectivity index (χ4n) is 4.32. The zero-order valence-electron chi connectivity index (χ0n) is 21.4. The van der Waals surface area contributed by atoms with Gasteiger partial charge in [-0.05, 0) is 66.1 Å². The zero-order chi connectivity index (χ0) is 27.7. The number of hydrogen-bond donors (Lipinski definition) is 3. The number of aliphatic hydroxyl groups excluding tert-OH is 1. The molecule has 0 saturated carbocycles. The minimum absolute atomic E-state index is 0.0628. The lowest BCUT2D eigenvalue weighted by molar-refractivity contribution is -0.129. The van der Waals surface area contributed by atoms with Crippen LogP contribution in [0.15, 0.2) is 94.9 Å². The molecule has 3 aromatic carbocycles. The Kier molecular flexibility index (Phi) is 9.86. The fourth-order valence-corrected chi connectivity index (χ4v) is 4.59. The van der Waals surface area contributed by atoms with Crippen molar-refractivity contribution in [3.05, 3.63) is 112 Å². The highest BCUT2D eigenvalue weighted by atomic mass is 79.9. The first kappa shape index (κ1) is 28.5. The molecule has 1 heterocycles. The van der Waals surface area contributed by atoms with E-state index in [1.165, 1.54) is 12.1 Å². The Morgan fingerprint density at radius 1 is 1.18 bits per heavy atom. The van der Waals surface area contributed by atoms with E-state index < -0.39 is 11.6 Å². The number of aliphatic imine (C=N–C) groups is 1. The first-order valence-corrected chi connectivity index (χ1v) is 13.5. The molecule has 0 unspecified atom stereocenters. The minimum atomic E-state index is -1.31. The summed E-state index contributed by atoms with van der Waals surface area (Å²) in [6.07, 6.45) is 2.26. The molecule has 2 atom stereocenters.